The van der Waals surface area contributed by atoms with Crippen molar-refractivity contribution in [1.29, 1.82) is 0 Å². The Morgan fingerprint density at radius 1 is 1.27 bits per heavy atom. The molecular weight excluding hydrogens is 192 g/mol. The number of hydrogen-bond acceptors (Lipinski definition) is 3. The van der Waals surface area contributed by atoms with Gasteiger partial charge in [-0.2, -0.15) is 0 Å². The molecule has 0 heterocycles. The molecule has 0 saturated carbocycles. The van der Waals surface area contributed by atoms with Crippen LogP contribution >= 0.6 is 0 Å². The largest absolute Gasteiger partial charge is 0.497 e. The first-order valence-corrected chi connectivity index (χ1v) is 5.10. The quantitative estimate of drug-likeness (QED) is 0.808. The van der Waals surface area contributed by atoms with E-state index < -0.39 is 0 Å². The Morgan fingerprint density at radius 3 is 2.53 bits per heavy atom. The monoisotopic (exact) mass is 210 g/mol. The first-order valence-electron chi connectivity index (χ1n) is 5.10. The molecule has 15 heavy (non-hydrogen) atoms. The Hall–Kier alpha value is -1.22. The molecule has 1 aromatic rings. The summed E-state index contributed by atoms with van der Waals surface area (Å²) in [6.07, 6.45) is 1.00. The lowest BCUT2D eigenvalue weighted by Crippen LogP contribution is -2.09. The zero-order chi connectivity index (χ0) is 11.3. The minimum atomic E-state index is -0.328. The molecule has 84 valence electrons. The number of methoxy groups -OCH3 is 2. The van der Waals surface area contributed by atoms with Gasteiger partial charge >= 0.3 is 0 Å². The summed E-state index contributed by atoms with van der Waals surface area (Å²) in [5.74, 6) is 1.58. The molecule has 0 aliphatic rings. The molecule has 3 heteroatoms. The van der Waals surface area contributed by atoms with Crippen molar-refractivity contribution in [1.82, 2.24) is 0 Å². The fraction of sp³-hybridized carbons (Fsp3) is 0.500. The molecule has 1 unspecified atom stereocenters. The maximum Gasteiger partial charge on any atom is 0.122 e. The molecule has 0 aliphatic heterocycles. The molecule has 0 fully saturated rings. The van der Waals surface area contributed by atoms with Crippen LogP contribution in [0, 0.1) is 0 Å². The molecule has 1 aromatic carbocycles. The molecular formula is C12H18O3. The molecule has 0 aromatic heterocycles. The van der Waals surface area contributed by atoms with Crippen molar-refractivity contribution in [2.75, 3.05) is 14.2 Å². The van der Waals surface area contributed by atoms with E-state index in [1.165, 1.54) is 0 Å². The van der Waals surface area contributed by atoms with Gasteiger partial charge in [0.05, 0.1) is 20.3 Å². The number of rotatable bonds is 5. The van der Waals surface area contributed by atoms with Crippen LogP contribution in [0.4, 0.5) is 0 Å². The topological polar surface area (TPSA) is 38.7 Å². The molecule has 1 atom stereocenters. The van der Waals surface area contributed by atoms with Gasteiger partial charge in [-0.15, -0.1) is 0 Å². The molecule has 0 aliphatic carbocycles. The zero-order valence-corrected chi connectivity index (χ0v) is 9.49. The van der Waals surface area contributed by atoms with Crippen LogP contribution in [0.5, 0.6) is 11.5 Å². The Labute approximate surface area is 90.6 Å². The third-order valence-corrected chi connectivity index (χ3v) is 2.41. The van der Waals surface area contributed by atoms with Crippen molar-refractivity contribution in [2.24, 2.45) is 0 Å². The van der Waals surface area contributed by atoms with E-state index in [1.54, 1.807) is 14.2 Å². The summed E-state index contributed by atoms with van der Waals surface area (Å²) in [6.45, 7) is 1.96. The predicted molar refractivity (Wildman–Crippen MR) is 59.5 cm³/mol. The summed E-state index contributed by atoms with van der Waals surface area (Å²) in [7, 11) is 3.26. The predicted octanol–water partition coefficient (Wildman–Crippen LogP) is 2.02. The van der Waals surface area contributed by atoms with Crippen LogP contribution in [-0.4, -0.2) is 25.4 Å². The lowest BCUT2D eigenvalue weighted by Gasteiger charge is -2.13. The number of ether oxygens (including phenoxy) is 2. The second-order valence-electron chi connectivity index (χ2n) is 3.44. The van der Waals surface area contributed by atoms with E-state index in [0.717, 1.165) is 23.5 Å². The molecule has 0 radical (unpaired) electrons. The maximum atomic E-state index is 9.60. The number of aliphatic hydroxyl groups excluding tert-OH is 1. The maximum absolute atomic E-state index is 9.60. The van der Waals surface area contributed by atoms with Crippen molar-refractivity contribution >= 4 is 0 Å². The zero-order valence-electron chi connectivity index (χ0n) is 9.49. The average molecular weight is 210 g/mol. The summed E-state index contributed by atoms with van der Waals surface area (Å²) in [4.78, 5) is 0. The lowest BCUT2D eigenvalue weighted by molar-refractivity contribution is 0.169. The third kappa shape index (κ3) is 3.13. The Kier molecular flexibility index (Phi) is 4.43. The molecule has 1 N–H and O–H groups in total. The van der Waals surface area contributed by atoms with Gasteiger partial charge in [0.15, 0.2) is 0 Å². The Balaban J connectivity index is 2.90. The van der Waals surface area contributed by atoms with E-state index in [0.29, 0.717) is 6.42 Å². The van der Waals surface area contributed by atoms with Crippen molar-refractivity contribution in [3.8, 4) is 11.5 Å². The SMILES string of the molecule is CCC(O)Cc1cc(OC)ccc1OC. The smallest absolute Gasteiger partial charge is 0.122 e. The summed E-state index contributed by atoms with van der Waals surface area (Å²) < 4.78 is 10.4. The highest BCUT2D eigenvalue weighted by Crippen LogP contribution is 2.25. The van der Waals surface area contributed by atoms with Crippen LogP contribution in [0.25, 0.3) is 0 Å². The van der Waals surface area contributed by atoms with Crippen molar-refractivity contribution < 1.29 is 14.6 Å². The van der Waals surface area contributed by atoms with Gasteiger partial charge < -0.3 is 14.6 Å². The van der Waals surface area contributed by atoms with E-state index in [9.17, 15) is 5.11 Å². The molecule has 1 rings (SSSR count). The highest BCUT2D eigenvalue weighted by Gasteiger charge is 2.09. The Morgan fingerprint density at radius 2 is 2.00 bits per heavy atom. The van der Waals surface area contributed by atoms with E-state index in [2.05, 4.69) is 0 Å². The minimum absolute atomic E-state index is 0.328. The van der Waals surface area contributed by atoms with Crippen molar-refractivity contribution in [3.05, 3.63) is 23.8 Å². The second kappa shape index (κ2) is 5.61. The van der Waals surface area contributed by atoms with E-state index >= 15 is 0 Å². The van der Waals surface area contributed by atoms with Gasteiger partial charge in [-0.05, 0) is 24.6 Å². The van der Waals surface area contributed by atoms with Gasteiger partial charge in [0.25, 0.3) is 0 Å². The number of aliphatic hydroxyl groups is 1. The summed E-state index contributed by atoms with van der Waals surface area (Å²) in [5.41, 5.74) is 0.978. The van der Waals surface area contributed by atoms with Crippen LogP contribution in [0.3, 0.4) is 0 Å². The molecule has 0 spiro atoms. The summed E-state index contributed by atoms with van der Waals surface area (Å²) in [6, 6.07) is 5.61. The van der Waals surface area contributed by atoms with Crippen LogP contribution in [0.1, 0.15) is 18.9 Å². The standard InChI is InChI=1S/C12H18O3/c1-4-10(13)7-9-8-11(14-2)5-6-12(9)15-3/h5-6,8,10,13H,4,7H2,1-3H3. The fourth-order valence-electron chi connectivity index (χ4n) is 1.44. The van der Waals surface area contributed by atoms with Gasteiger partial charge in [-0.3, -0.25) is 0 Å². The van der Waals surface area contributed by atoms with E-state index in [1.807, 2.05) is 25.1 Å². The van der Waals surface area contributed by atoms with Gasteiger partial charge in [-0.25, -0.2) is 0 Å². The van der Waals surface area contributed by atoms with E-state index in [4.69, 9.17) is 9.47 Å². The van der Waals surface area contributed by atoms with Crippen LogP contribution < -0.4 is 9.47 Å². The van der Waals surface area contributed by atoms with Gasteiger partial charge in [-0.1, -0.05) is 6.92 Å². The van der Waals surface area contributed by atoms with Crippen molar-refractivity contribution in [2.45, 2.75) is 25.9 Å². The number of hydrogen-bond donors (Lipinski definition) is 1. The van der Waals surface area contributed by atoms with Gasteiger partial charge in [0.2, 0.25) is 0 Å². The van der Waals surface area contributed by atoms with Gasteiger partial charge in [0, 0.05) is 12.0 Å². The summed E-state index contributed by atoms with van der Waals surface area (Å²) in [5, 5.41) is 9.60. The fourth-order valence-corrected chi connectivity index (χ4v) is 1.44. The van der Waals surface area contributed by atoms with Crippen molar-refractivity contribution in [3.63, 3.8) is 0 Å². The van der Waals surface area contributed by atoms with E-state index in [-0.39, 0.29) is 6.10 Å². The normalized spacial score (nSPS) is 12.3. The Bertz CT molecular complexity index is 310. The molecule has 0 bridgehead atoms. The van der Waals surface area contributed by atoms with Crippen LogP contribution in [-0.2, 0) is 6.42 Å². The molecule has 3 nitrogen and oxygen atoms in total. The molecule has 0 amide bonds. The van der Waals surface area contributed by atoms with Crippen LogP contribution in [0.2, 0.25) is 0 Å². The van der Waals surface area contributed by atoms with Gasteiger partial charge in [0.1, 0.15) is 11.5 Å². The lowest BCUT2D eigenvalue weighted by atomic mass is 10.0. The minimum Gasteiger partial charge on any atom is -0.497 e. The molecule has 0 saturated heterocycles. The van der Waals surface area contributed by atoms with Crippen LogP contribution in [0.15, 0.2) is 18.2 Å². The summed E-state index contributed by atoms with van der Waals surface area (Å²) >= 11 is 0. The average Bonchev–Trinajstić information content (AvgIpc) is 2.28. The third-order valence-electron chi connectivity index (χ3n) is 2.41. The second-order valence-corrected chi connectivity index (χ2v) is 3.44. The highest BCUT2D eigenvalue weighted by atomic mass is 16.5. The first kappa shape index (κ1) is 11.9. The highest BCUT2D eigenvalue weighted by molar-refractivity contribution is 5.40. The number of benzene rings is 1. The first-order chi connectivity index (χ1) is 7.21.